The largest absolute Gasteiger partial charge is 0.465 e. The molecule has 4 aromatic rings. The molecule has 0 spiro atoms. The second kappa shape index (κ2) is 9.15. The highest BCUT2D eigenvalue weighted by Gasteiger charge is 2.25. The van der Waals surface area contributed by atoms with E-state index in [1.54, 1.807) is 24.3 Å². The zero-order valence-corrected chi connectivity index (χ0v) is 19.2. The molecule has 34 heavy (non-hydrogen) atoms. The van der Waals surface area contributed by atoms with E-state index in [2.05, 4.69) is 4.74 Å². The minimum Gasteiger partial charge on any atom is -0.465 e. The molecular formula is C28H20O5S. The molecule has 1 aliphatic carbocycles. The van der Waals surface area contributed by atoms with Crippen LogP contribution >= 0.6 is 11.8 Å². The average Bonchev–Trinajstić information content (AvgIpc) is 2.89. The first-order valence-electron chi connectivity index (χ1n) is 10.7. The number of hydrogen-bond acceptors (Lipinski definition) is 6. The number of ketones is 1. The fourth-order valence-corrected chi connectivity index (χ4v) is 5.02. The van der Waals surface area contributed by atoms with Crippen molar-refractivity contribution in [2.24, 2.45) is 0 Å². The van der Waals surface area contributed by atoms with Crippen molar-refractivity contribution in [3.8, 4) is 11.1 Å². The maximum absolute atomic E-state index is 13.1. The van der Waals surface area contributed by atoms with Crippen LogP contribution in [-0.2, 0) is 20.9 Å². The molecule has 1 aliphatic rings. The van der Waals surface area contributed by atoms with Gasteiger partial charge in [0.15, 0.2) is 5.78 Å². The van der Waals surface area contributed by atoms with Gasteiger partial charge in [0.25, 0.3) is 0 Å². The summed E-state index contributed by atoms with van der Waals surface area (Å²) in [6.45, 7) is 0.121. The molecule has 168 valence electrons. The van der Waals surface area contributed by atoms with Crippen molar-refractivity contribution in [1.82, 2.24) is 0 Å². The lowest BCUT2D eigenvalue weighted by molar-refractivity contribution is -0.141. The van der Waals surface area contributed by atoms with Crippen LogP contribution in [0.2, 0.25) is 0 Å². The van der Waals surface area contributed by atoms with Gasteiger partial charge in [-0.3, -0.25) is 9.59 Å². The summed E-state index contributed by atoms with van der Waals surface area (Å²) in [6.07, 6.45) is 0. The van der Waals surface area contributed by atoms with E-state index in [4.69, 9.17) is 4.74 Å². The van der Waals surface area contributed by atoms with E-state index in [-0.39, 0.29) is 24.1 Å². The summed E-state index contributed by atoms with van der Waals surface area (Å²) in [7, 11) is 1.33. The molecule has 6 heteroatoms. The van der Waals surface area contributed by atoms with Crippen molar-refractivity contribution in [2.75, 3.05) is 12.9 Å². The lowest BCUT2D eigenvalue weighted by Crippen LogP contribution is -2.10. The first-order valence-corrected chi connectivity index (χ1v) is 11.7. The predicted octanol–water partition coefficient (Wildman–Crippen LogP) is 5.67. The van der Waals surface area contributed by atoms with E-state index < -0.39 is 5.97 Å². The number of fused-ring (bicyclic) bond motifs is 2. The molecule has 5 rings (SSSR count). The van der Waals surface area contributed by atoms with Crippen LogP contribution in [0.15, 0.2) is 83.8 Å². The van der Waals surface area contributed by atoms with Crippen molar-refractivity contribution in [1.29, 1.82) is 0 Å². The Labute approximate surface area is 200 Å². The number of hydrogen-bond donors (Lipinski definition) is 0. The smallest absolute Gasteiger partial charge is 0.337 e. The van der Waals surface area contributed by atoms with Crippen LogP contribution in [-0.4, -0.2) is 30.6 Å². The Bertz CT molecular complexity index is 1440. The van der Waals surface area contributed by atoms with Gasteiger partial charge in [0.05, 0.1) is 18.4 Å². The van der Waals surface area contributed by atoms with Crippen LogP contribution in [0, 0.1) is 0 Å². The van der Waals surface area contributed by atoms with Gasteiger partial charge >= 0.3 is 11.9 Å². The van der Waals surface area contributed by atoms with Gasteiger partial charge in [-0.1, -0.05) is 60.7 Å². The van der Waals surface area contributed by atoms with Gasteiger partial charge in [0, 0.05) is 21.4 Å². The third-order valence-corrected chi connectivity index (χ3v) is 6.87. The Morgan fingerprint density at radius 3 is 2.29 bits per heavy atom. The molecule has 0 radical (unpaired) electrons. The van der Waals surface area contributed by atoms with Crippen LogP contribution in [0.3, 0.4) is 0 Å². The molecule has 0 heterocycles. The number of rotatable bonds is 6. The quantitative estimate of drug-likeness (QED) is 0.236. The lowest BCUT2D eigenvalue weighted by atomic mass is 9.83. The molecule has 0 amide bonds. The van der Waals surface area contributed by atoms with E-state index in [1.807, 2.05) is 54.6 Å². The fraction of sp³-hybridized carbons (Fsp3) is 0.107. The number of esters is 2. The summed E-state index contributed by atoms with van der Waals surface area (Å²) >= 11 is 1.39. The number of carbonyl (C=O) groups excluding carboxylic acids is 3. The molecule has 0 fully saturated rings. The van der Waals surface area contributed by atoms with Gasteiger partial charge in [-0.05, 0) is 40.3 Å². The average molecular weight is 469 g/mol. The number of thioether (sulfide) groups is 1. The molecular weight excluding hydrogens is 448 g/mol. The highest BCUT2D eigenvalue weighted by atomic mass is 32.2. The molecule has 0 atom stereocenters. The van der Waals surface area contributed by atoms with Crippen molar-refractivity contribution >= 4 is 40.3 Å². The molecule has 0 saturated heterocycles. The summed E-state index contributed by atoms with van der Waals surface area (Å²) in [5.41, 5.74) is 4.59. The van der Waals surface area contributed by atoms with Gasteiger partial charge in [-0.15, -0.1) is 11.8 Å². The summed E-state index contributed by atoms with van der Waals surface area (Å²) < 4.78 is 10.1. The van der Waals surface area contributed by atoms with Crippen molar-refractivity contribution < 1.29 is 23.9 Å². The second-order valence-electron chi connectivity index (χ2n) is 7.85. The Morgan fingerprint density at radius 1 is 0.794 bits per heavy atom. The maximum atomic E-state index is 13.1. The standard InChI is InChI=1S/C28H20O5S/c1-32-28(31)18-11-9-17(10-12-18)15-33-25(29)16-34-24-14-13-20-19-5-2-3-6-21(19)27(30)23-8-4-7-22(24)26(20)23/h2-14H,15-16H2,1H3. The number of carbonyl (C=O) groups is 3. The summed E-state index contributed by atoms with van der Waals surface area (Å²) in [4.78, 5) is 37.9. The molecule has 0 saturated carbocycles. The number of methoxy groups -OCH3 is 1. The minimum atomic E-state index is -0.411. The van der Waals surface area contributed by atoms with E-state index >= 15 is 0 Å². The van der Waals surface area contributed by atoms with Crippen molar-refractivity contribution in [2.45, 2.75) is 11.5 Å². The first kappa shape index (κ1) is 21.9. The summed E-state index contributed by atoms with van der Waals surface area (Å²) in [5.74, 6) is -0.590. The molecule has 0 bridgehead atoms. The van der Waals surface area contributed by atoms with Gasteiger partial charge in [-0.2, -0.15) is 0 Å². The normalized spacial score (nSPS) is 11.7. The molecule has 4 aromatic carbocycles. The van der Waals surface area contributed by atoms with Gasteiger partial charge in [0.1, 0.15) is 6.61 Å². The Balaban J connectivity index is 1.31. The van der Waals surface area contributed by atoms with Crippen molar-refractivity contribution in [3.63, 3.8) is 0 Å². The highest BCUT2D eigenvalue weighted by Crippen LogP contribution is 2.42. The first-order chi connectivity index (χ1) is 16.6. The SMILES string of the molecule is COC(=O)c1ccc(COC(=O)CSc2ccc3c4c(cccc24)C(=O)c2ccccc2-3)cc1. The monoisotopic (exact) mass is 468 g/mol. The number of ether oxygens (including phenoxy) is 2. The Morgan fingerprint density at radius 2 is 1.53 bits per heavy atom. The summed E-state index contributed by atoms with van der Waals surface area (Å²) in [6, 6.07) is 24.1. The third-order valence-electron chi connectivity index (χ3n) is 5.83. The van der Waals surface area contributed by atoms with Gasteiger partial charge < -0.3 is 9.47 Å². The Hall–Kier alpha value is -3.90. The van der Waals surface area contributed by atoms with Crippen LogP contribution in [0.5, 0.6) is 0 Å². The highest BCUT2D eigenvalue weighted by molar-refractivity contribution is 8.00. The van der Waals surface area contributed by atoms with E-state index in [0.29, 0.717) is 16.7 Å². The minimum absolute atomic E-state index is 0.0217. The van der Waals surface area contributed by atoms with Crippen LogP contribution in [0.4, 0.5) is 0 Å². The summed E-state index contributed by atoms with van der Waals surface area (Å²) in [5, 5.41) is 1.88. The number of benzene rings is 4. The lowest BCUT2D eigenvalue weighted by Gasteiger charge is -2.21. The van der Waals surface area contributed by atoms with Gasteiger partial charge in [0.2, 0.25) is 0 Å². The topological polar surface area (TPSA) is 69.7 Å². The van der Waals surface area contributed by atoms with Crippen LogP contribution in [0.25, 0.3) is 21.9 Å². The van der Waals surface area contributed by atoms with Crippen LogP contribution in [0.1, 0.15) is 31.8 Å². The van der Waals surface area contributed by atoms with Crippen LogP contribution < -0.4 is 0 Å². The zero-order chi connectivity index (χ0) is 23.7. The maximum Gasteiger partial charge on any atom is 0.337 e. The molecule has 0 aliphatic heterocycles. The molecule has 5 nitrogen and oxygen atoms in total. The predicted molar refractivity (Wildman–Crippen MR) is 131 cm³/mol. The van der Waals surface area contributed by atoms with Gasteiger partial charge in [-0.25, -0.2) is 4.79 Å². The molecule has 0 aromatic heterocycles. The van der Waals surface area contributed by atoms with Crippen molar-refractivity contribution in [3.05, 3.63) is 101 Å². The zero-order valence-electron chi connectivity index (χ0n) is 18.4. The van der Waals surface area contributed by atoms with E-state index in [1.165, 1.54) is 18.9 Å². The van der Waals surface area contributed by atoms with E-state index in [9.17, 15) is 14.4 Å². The molecule has 0 unspecified atom stereocenters. The fourth-order valence-electron chi connectivity index (χ4n) is 4.18. The third kappa shape index (κ3) is 3.97. The second-order valence-corrected chi connectivity index (χ2v) is 8.87. The molecule has 0 N–H and O–H groups in total. The van der Waals surface area contributed by atoms with E-state index in [0.717, 1.165) is 32.4 Å². The Kier molecular flexibility index (Phi) is 5.90.